The molecule has 2 rings (SSSR count). The molecule has 21 heavy (non-hydrogen) atoms. The van der Waals surface area contributed by atoms with Crippen molar-refractivity contribution < 1.29 is 9.53 Å². The van der Waals surface area contributed by atoms with Gasteiger partial charge in [0.2, 0.25) is 0 Å². The molecule has 2 N–H and O–H groups in total. The number of nitrogens with two attached hydrogens (primary N) is 1. The molecule has 0 atom stereocenters. The van der Waals surface area contributed by atoms with Crippen molar-refractivity contribution in [1.29, 1.82) is 0 Å². The number of carbonyl (C=O) groups excluding carboxylic acids is 1. The minimum Gasteiger partial charge on any atom is -0.465 e. The Balaban J connectivity index is 2.73. The van der Waals surface area contributed by atoms with Gasteiger partial charge in [-0.1, -0.05) is 41.4 Å². The lowest BCUT2D eigenvalue weighted by Gasteiger charge is -2.10. The second-order valence-electron chi connectivity index (χ2n) is 4.86. The first-order chi connectivity index (χ1) is 9.86. The van der Waals surface area contributed by atoms with Crippen LogP contribution in [0.15, 0.2) is 22.7 Å². The standard InChI is InChI=1S/C15H15BrClNO2S/c1-7(2)11-12(18)14(15(19)20-3)21-13(11)9-6-8(16)4-5-10(9)17/h4-7H,18H2,1-3H3. The Morgan fingerprint density at radius 1 is 1.43 bits per heavy atom. The number of anilines is 1. The highest BCUT2D eigenvalue weighted by atomic mass is 79.9. The molecule has 0 unspecified atom stereocenters. The summed E-state index contributed by atoms with van der Waals surface area (Å²) in [5, 5.41) is 0.623. The molecule has 0 fully saturated rings. The second kappa shape index (κ2) is 6.38. The maximum atomic E-state index is 11.9. The highest BCUT2D eigenvalue weighted by molar-refractivity contribution is 9.10. The van der Waals surface area contributed by atoms with Gasteiger partial charge >= 0.3 is 5.97 Å². The van der Waals surface area contributed by atoms with Crippen molar-refractivity contribution >= 4 is 50.5 Å². The Morgan fingerprint density at radius 3 is 2.67 bits per heavy atom. The summed E-state index contributed by atoms with van der Waals surface area (Å²) in [6.45, 7) is 4.07. The van der Waals surface area contributed by atoms with Crippen molar-refractivity contribution in [3.63, 3.8) is 0 Å². The molecule has 1 aromatic heterocycles. The number of benzene rings is 1. The van der Waals surface area contributed by atoms with E-state index in [-0.39, 0.29) is 5.92 Å². The first-order valence-electron chi connectivity index (χ1n) is 6.32. The number of halogens is 2. The summed E-state index contributed by atoms with van der Waals surface area (Å²) in [6, 6.07) is 5.62. The predicted molar refractivity (Wildman–Crippen MR) is 92.3 cm³/mol. The van der Waals surface area contributed by atoms with Crippen LogP contribution >= 0.6 is 38.9 Å². The Bertz CT molecular complexity index is 697. The molecule has 0 aliphatic carbocycles. The molecule has 0 bridgehead atoms. The summed E-state index contributed by atoms with van der Waals surface area (Å²) in [6.07, 6.45) is 0. The van der Waals surface area contributed by atoms with Crippen LogP contribution in [-0.4, -0.2) is 13.1 Å². The van der Waals surface area contributed by atoms with E-state index in [9.17, 15) is 4.79 Å². The van der Waals surface area contributed by atoms with Crippen LogP contribution in [0, 0.1) is 0 Å². The van der Waals surface area contributed by atoms with E-state index in [0.717, 1.165) is 20.5 Å². The van der Waals surface area contributed by atoms with Crippen LogP contribution in [0.25, 0.3) is 10.4 Å². The molecule has 0 radical (unpaired) electrons. The van der Waals surface area contributed by atoms with E-state index in [2.05, 4.69) is 15.9 Å². The van der Waals surface area contributed by atoms with E-state index in [1.807, 2.05) is 32.0 Å². The van der Waals surface area contributed by atoms with Gasteiger partial charge in [0.25, 0.3) is 0 Å². The Kier molecular flexibility index (Phi) is 4.96. The molecule has 0 spiro atoms. The second-order valence-corrected chi connectivity index (χ2v) is 7.20. The summed E-state index contributed by atoms with van der Waals surface area (Å²) >= 11 is 11.1. The first-order valence-corrected chi connectivity index (χ1v) is 8.31. The minimum atomic E-state index is -0.420. The zero-order valence-corrected chi connectivity index (χ0v) is 15.0. The van der Waals surface area contributed by atoms with Crippen molar-refractivity contribution in [2.75, 3.05) is 12.8 Å². The molecule has 3 nitrogen and oxygen atoms in total. The van der Waals surface area contributed by atoms with Gasteiger partial charge in [0.05, 0.1) is 12.8 Å². The van der Waals surface area contributed by atoms with Gasteiger partial charge in [-0.15, -0.1) is 11.3 Å². The molecule has 0 saturated heterocycles. The van der Waals surface area contributed by atoms with Crippen LogP contribution in [0.1, 0.15) is 35.0 Å². The lowest BCUT2D eigenvalue weighted by atomic mass is 9.98. The largest absolute Gasteiger partial charge is 0.465 e. The van der Waals surface area contributed by atoms with Crippen LogP contribution < -0.4 is 5.73 Å². The fourth-order valence-electron chi connectivity index (χ4n) is 2.15. The number of rotatable bonds is 3. The highest BCUT2D eigenvalue weighted by Crippen LogP contribution is 2.45. The van der Waals surface area contributed by atoms with E-state index in [1.54, 1.807) is 0 Å². The monoisotopic (exact) mass is 387 g/mol. The number of methoxy groups -OCH3 is 1. The van der Waals surface area contributed by atoms with E-state index in [1.165, 1.54) is 18.4 Å². The fourth-order valence-corrected chi connectivity index (χ4v) is 4.10. The molecule has 112 valence electrons. The van der Waals surface area contributed by atoms with Gasteiger partial charge < -0.3 is 10.5 Å². The molecule has 0 amide bonds. The molecular formula is C15H15BrClNO2S. The number of nitrogen functional groups attached to an aromatic ring is 1. The van der Waals surface area contributed by atoms with E-state index in [4.69, 9.17) is 22.1 Å². The molecule has 1 heterocycles. The molecule has 0 aliphatic rings. The van der Waals surface area contributed by atoms with E-state index < -0.39 is 5.97 Å². The van der Waals surface area contributed by atoms with E-state index in [0.29, 0.717) is 15.6 Å². The Labute approximate surface area is 141 Å². The maximum Gasteiger partial charge on any atom is 0.350 e. The quantitative estimate of drug-likeness (QED) is 0.724. The minimum absolute atomic E-state index is 0.171. The van der Waals surface area contributed by atoms with Crippen LogP contribution in [0.4, 0.5) is 5.69 Å². The molecule has 0 saturated carbocycles. The maximum absolute atomic E-state index is 11.9. The van der Waals surface area contributed by atoms with Gasteiger partial charge in [-0.3, -0.25) is 0 Å². The average molecular weight is 389 g/mol. The SMILES string of the molecule is COC(=O)c1sc(-c2cc(Br)ccc2Cl)c(C(C)C)c1N. The highest BCUT2D eigenvalue weighted by Gasteiger charge is 2.25. The number of esters is 1. The Hall–Kier alpha value is -1.04. The number of carbonyl (C=O) groups is 1. The number of hydrogen-bond donors (Lipinski definition) is 1. The zero-order chi connectivity index (χ0) is 15.7. The summed E-state index contributed by atoms with van der Waals surface area (Å²) in [4.78, 5) is 13.2. The van der Waals surface area contributed by atoms with Crippen LogP contribution in [0.3, 0.4) is 0 Å². The zero-order valence-electron chi connectivity index (χ0n) is 11.9. The smallest absolute Gasteiger partial charge is 0.350 e. The lowest BCUT2D eigenvalue weighted by molar-refractivity contribution is 0.0607. The fraction of sp³-hybridized carbons (Fsp3) is 0.267. The number of ether oxygens (including phenoxy) is 1. The van der Waals surface area contributed by atoms with Crippen LogP contribution in [0.5, 0.6) is 0 Å². The van der Waals surface area contributed by atoms with Crippen LogP contribution in [0.2, 0.25) is 5.02 Å². The molecule has 2 aromatic rings. The normalized spacial score (nSPS) is 11.0. The first kappa shape index (κ1) is 16.3. The van der Waals surface area contributed by atoms with Gasteiger partial charge in [0, 0.05) is 19.9 Å². The molecule has 0 aliphatic heterocycles. The summed E-state index contributed by atoms with van der Waals surface area (Å²) < 4.78 is 5.72. The van der Waals surface area contributed by atoms with Crippen molar-refractivity contribution in [3.8, 4) is 10.4 Å². The Morgan fingerprint density at radius 2 is 2.10 bits per heavy atom. The summed E-state index contributed by atoms with van der Waals surface area (Å²) in [5.41, 5.74) is 8.43. The van der Waals surface area contributed by atoms with Crippen molar-refractivity contribution in [2.24, 2.45) is 0 Å². The third kappa shape index (κ3) is 3.10. The number of hydrogen-bond acceptors (Lipinski definition) is 4. The van der Waals surface area contributed by atoms with Gasteiger partial charge in [0.1, 0.15) is 4.88 Å². The van der Waals surface area contributed by atoms with Gasteiger partial charge in [0.15, 0.2) is 0 Å². The predicted octanol–water partition coefficient (Wildman–Crippen LogP) is 5.32. The lowest BCUT2D eigenvalue weighted by Crippen LogP contribution is -2.03. The van der Waals surface area contributed by atoms with Crippen molar-refractivity contribution in [3.05, 3.63) is 38.1 Å². The van der Waals surface area contributed by atoms with Crippen molar-refractivity contribution in [2.45, 2.75) is 19.8 Å². The number of thiophene rings is 1. The third-order valence-electron chi connectivity index (χ3n) is 3.10. The molecular weight excluding hydrogens is 374 g/mol. The summed E-state index contributed by atoms with van der Waals surface area (Å²) in [5.74, 6) is -0.249. The van der Waals surface area contributed by atoms with Gasteiger partial charge in [-0.05, 0) is 29.7 Å². The average Bonchev–Trinajstić information content (AvgIpc) is 2.78. The van der Waals surface area contributed by atoms with Gasteiger partial charge in [-0.25, -0.2) is 4.79 Å². The van der Waals surface area contributed by atoms with Gasteiger partial charge in [-0.2, -0.15) is 0 Å². The summed E-state index contributed by atoms with van der Waals surface area (Å²) in [7, 11) is 1.35. The molecule has 1 aromatic carbocycles. The van der Waals surface area contributed by atoms with E-state index >= 15 is 0 Å². The molecule has 6 heteroatoms. The van der Waals surface area contributed by atoms with Crippen molar-refractivity contribution in [1.82, 2.24) is 0 Å². The third-order valence-corrected chi connectivity index (χ3v) is 5.16. The van der Waals surface area contributed by atoms with Crippen LogP contribution in [-0.2, 0) is 4.74 Å². The topological polar surface area (TPSA) is 52.3 Å².